The van der Waals surface area contributed by atoms with E-state index in [9.17, 15) is 18.0 Å². The molecular formula is C10H7F3N2O3. The van der Waals surface area contributed by atoms with Crippen molar-refractivity contribution in [1.82, 2.24) is 9.78 Å². The van der Waals surface area contributed by atoms with Gasteiger partial charge in [0.15, 0.2) is 0 Å². The number of alkyl halides is 3. The SMILES string of the molecule is O=C(O)c1ccoc1Cn1cc(C(F)(F)F)cn1. The van der Waals surface area contributed by atoms with Gasteiger partial charge < -0.3 is 9.52 Å². The van der Waals surface area contributed by atoms with Crippen molar-refractivity contribution < 1.29 is 27.5 Å². The third-order valence-corrected chi connectivity index (χ3v) is 2.24. The molecule has 0 aromatic carbocycles. The van der Waals surface area contributed by atoms with Crippen LogP contribution < -0.4 is 0 Å². The lowest BCUT2D eigenvalue weighted by Crippen LogP contribution is -2.06. The van der Waals surface area contributed by atoms with Crippen LogP contribution in [0.25, 0.3) is 0 Å². The average Bonchev–Trinajstić information content (AvgIpc) is 2.85. The molecular weight excluding hydrogens is 253 g/mol. The molecule has 0 amide bonds. The number of carboxylic acid groups (broad SMARTS) is 1. The fourth-order valence-corrected chi connectivity index (χ4v) is 1.40. The molecule has 2 heterocycles. The summed E-state index contributed by atoms with van der Waals surface area (Å²) >= 11 is 0. The highest BCUT2D eigenvalue weighted by atomic mass is 19.4. The molecule has 0 fully saturated rings. The summed E-state index contributed by atoms with van der Waals surface area (Å²) in [7, 11) is 0. The van der Waals surface area contributed by atoms with Crippen molar-refractivity contribution in [3.05, 3.63) is 41.6 Å². The number of hydrogen-bond donors (Lipinski definition) is 1. The van der Waals surface area contributed by atoms with Gasteiger partial charge in [0.25, 0.3) is 0 Å². The lowest BCUT2D eigenvalue weighted by atomic mass is 10.2. The van der Waals surface area contributed by atoms with Crippen LogP contribution in [0.5, 0.6) is 0 Å². The molecule has 2 rings (SSSR count). The number of aromatic nitrogens is 2. The fourth-order valence-electron chi connectivity index (χ4n) is 1.40. The molecule has 96 valence electrons. The van der Waals surface area contributed by atoms with E-state index < -0.39 is 17.7 Å². The second kappa shape index (κ2) is 4.21. The largest absolute Gasteiger partial charge is 0.478 e. The molecule has 5 nitrogen and oxygen atoms in total. The van der Waals surface area contributed by atoms with Crippen molar-refractivity contribution in [3.8, 4) is 0 Å². The molecule has 0 unspecified atom stereocenters. The van der Waals surface area contributed by atoms with Crippen LogP contribution in [0.4, 0.5) is 13.2 Å². The van der Waals surface area contributed by atoms with Gasteiger partial charge in [-0.2, -0.15) is 18.3 Å². The average molecular weight is 260 g/mol. The zero-order chi connectivity index (χ0) is 13.3. The molecule has 0 radical (unpaired) electrons. The molecule has 18 heavy (non-hydrogen) atoms. The van der Waals surface area contributed by atoms with Gasteiger partial charge >= 0.3 is 12.1 Å². The van der Waals surface area contributed by atoms with Crippen LogP contribution in [0, 0.1) is 0 Å². The minimum absolute atomic E-state index is 0.0410. The quantitative estimate of drug-likeness (QED) is 0.918. The van der Waals surface area contributed by atoms with E-state index in [1.54, 1.807) is 0 Å². The minimum Gasteiger partial charge on any atom is -0.478 e. The van der Waals surface area contributed by atoms with Gasteiger partial charge in [-0.1, -0.05) is 0 Å². The van der Waals surface area contributed by atoms with Gasteiger partial charge in [0.1, 0.15) is 11.3 Å². The van der Waals surface area contributed by atoms with E-state index in [1.165, 1.54) is 6.07 Å². The number of furan rings is 1. The van der Waals surface area contributed by atoms with E-state index in [2.05, 4.69) is 5.10 Å². The highest BCUT2D eigenvalue weighted by Gasteiger charge is 2.32. The Hall–Kier alpha value is -2.25. The number of aromatic carboxylic acids is 1. The van der Waals surface area contributed by atoms with Crippen LogP contribution in [0.3, 0.4) is 0 Å². The van der Waals surface area contributed by atoms with Crippen molar-refractivity contribution in [2.24, 2.45) is 0 Å². The highest BCUT2D eigenvalue weighted by Crippen LogP contribution is 2.28. The zero-order valence-corrected chi connectivity index (χ0v) is 8.81. The Kier molecular flexibility index (Phi) is 2.85. The molecule has 0 aliphatic carbocycles. The second-order valence-corrected chi connectivity index (χ2v) is 3.49. The van der Waals surface area contributed by atoms with Crippen molar-refractivity contribution in [2.75, 3.05) is 0 Å². The highest BCUT2D eigenvalue weighted by molar-refractivity contribution is 5.88. The lowest BCUT2D eigenvalue weighted by molar-refractivity contribution is -0.137. The molecule has 2 aromatic rings. The number of hydrogen-bond acceptors (Lipinski definition) is 3. The standard InChI is InChI=1S/C10H7F3N2O3/c11-10(12,13)6-3-14-15(4-6)5-8-7(9(16)17)1-2-18-8/h1-4H,5H2,(H,16,17). The monoisotopic (exact) mass is 260 g/mol. The van der Waals surface area contributed by atoms with Crippen LogP contribution >= 0.6 is 0 Å². The molecule has 0 atom stereocenters. The molecule has 2 aromatic heterocycles. The summed E-state index contributed by atoms with van der Waals surface area (Å²) in [5.41, 5.74) is -0.995. The fraction of sp³-hybridized carbons (Fsp3) is 0.200. The third kappa shape index (κ3) is 2.36. The predicted molar refractivity (Wildman–Crippen MR) is 52.0 cm³/mol. The van der Waals surface area contributed by atoms with Crippen molar-refractivity contribution in [1.29, 1.82) is 0 Å². The Morgan fingerprint density at radius 3 is 2.78 bits per heavy atom. The van der Waals surface area contributed by atoms with E-state index in [4.69, 9.17) is 9.52 Å². The molecule has 0 spiro atoms. The first-order valence-electron chi connectivity index (χ1n) is 4.77. The maximum absolute atomic E-state index is 12.3. The van der Waals surface area contributed by atoms with Gasteiger partial charge in [-0.3, -0.25) is 4.68 Å². The Morgan fingerprint density at radius 2 is 2.22 bits per heavy atom. The Balaban J connectivity index is 2.22. The summed E-state index contributed by atoms with van der Waals surface area (Å²) in [6.45, 7) is -0.176. The second-order valence-electron chi connectivity index (χ2n) is 3.49. The normalized spacial score (nSPS) is 11.7. The predicted octanol–water partition coefficient (Wildman–Crippen LogP) is 2.24. The Bertz CT molecular complexity index is 571. The first kappa shape index (κ1) is 12.2. The van der Waals surface area contributed by atoms with Gasteiger partial charge in [-0.15, -0.1) is 0 Å². The van der Waals surface area contributed by atoms with E-state index in [0.29, 0.717) is 6.20 Å². The molecule has 0 aliphatic heterocycles. The van der Waals surface area contributed by atoms with Crippen molar-refractivity contribution in [2.45, 2.75) is 12.7 Å². The lowest BCUT2D eigenvalue weighted by Gasteiger charge is -2.01. The summed E-state index contributed by atoms with van der Waals surface area (Å²) in [5.74, 6) is -1.17. The van der Waals surface area contributed by atoms with E-state index in [1.807, 2.05) is 0 Å². The molecule has 8 heteroatoms. The number of rotatable bonds is 3. The Morgan fingerprint density at radius 1 is 1.50 bits per heavy atom. The number of carbonyl (C=O) groups is 1. The van der Waals surface area contributed by atoms with E-state index >= 15 is 0 Å². The van der Waals surface area contributed by atoms with Gasteiger partial charge in [0.05, 0.1) is 24.6 Å². The van der Waals surface area contributed by atoms with Gasteiger partial charge in [0, 0.05) is 6.20 Å². The van der Waals surface area contributed by atoms with Gasteiger partial charge in [0.2, 0.25) is 0 Å². The van der Waals surface area contributed by atoms with Crippen molar-refractivity contribution >= 4 is 5.97 Å². The van der Waals surface area contributed by atoms with E-state index in [-0.39, 0.29) is 17.9 Å². The zero-order valence-electron chi connectivity index (χ0n) is 8.81. The number of halogens is 3. The summed E-state index contributed by atoms with van der Waals surface area (Å²) in [6.07, 6.45) is -1.86. The Labute approximate surface area is 98.4 Å². The number of carboxylic acids is 1. The molecule has 1 N–H and O–H groups in total. The van der Waals surface area contributed by atoms with Crippen molar-refractivity contribution in [3.63, 3.8) is 0 Å². The summed E-state index contributed by atoms with van der Waals surface area (Å²) in [5, 5.41) is 12.3. The van der Waals surface area contributed by atoms with Gasteiger partial charge in [-0.05, 0) is 6.07 Å². The smallest absolute Gasteiger partial charge is 0.419 e. The summed E-state index contributed by atoms with van der Waals surface area (Å²) in [6, 6.07) is 1.23. The molecule has 0 saturated carbocycles. The number of nitrogens with zero attached hydrogens (tertiary/aromatic N) is 2. The minimum atomic E-state index is -4.48. The topological polar surface area (TPSA) is 68.3 Å². The van der Waals surface area contributed by atoms with E-state index in [0.717, 1.165) is 17.1 Å². The first-order valence-corrected chi connectivity index (χ1v) is 4.77. The summed E-state index contributed by atoms with van der Waals surface area (Å²) in [4.78, 5) is 10.8. The van der Waals surface area contributed by atoms with Crippen LogP contribution in [0.2, 0.25) is 0 Å². The van der Waals surface area contributed by atoms with Crippen LogP contribution in [-0.4, -0.2) is 20.9 Å². The molecule has 0 saturated heterocycles. The third-order valence-electron chi connectivity index (χ3n) is 2.24. The molecule has 0 bridgehead atoms. The van der Waals surface area contributed by atoms with Crippen LogP contribution in [0.15, 0.2) is 29.1 Å². The van der Waals surface area contributed by atoms with Crippen LogP contribution in [-0.2, 0) is 12.7 Å². The van der Waals surface area contributed by atoms with Gasteiger partial charge in [-0.25, -0.2) is 4.79 Å². The first-order chi connectivity index (χ1) is 8.38. The molecule has 0 aliphatic rings. The van der Waals surface area contributed by atoms with Crippen LogP contribution in [0.1, 0.15) is 21.7 Å². The maximum Gasteiger partial charge on any atom is 0.419 e. The maximum atomic E-state index is 12.3. The summed E-state index contributed by atoms with van der Waals surface area (Å²) < 4.78 is 42.8.